The summed E-state index contributed by atoms with van der Waals surface area (Å²) in [6.07, 6.45) is 3.19. The molecule has 2 aromatic rings. The van der Waals surface area contributed by atoms with Gasteiger partial charge in [-0.25, -0.2) is 14.8 Å². The molecule has 0 radical (unpaired) electrons. The lowest BCUT2D eigenvalue weighted by Gasteiger charge is -1.94. The van der Waals surface area contributed by atoms with Crippen molar-refractivity contribution in [2.75, 3.05) is 7.11 Å². The van der Waals surface area contributed by atoms with Crippen molar-refractivity contribution in [2.45, 2.75) is 6.61 Å². The third-order valence-corrected chi connectivity index (χ3v) is 4.28. The van der Waals surface area contributed by atoms with Gasteiger partial charge >= 0.3 is 5.97 Å². The number of ether oxygens (including phenoxy) is 1. The maximum absolute atomic E-state index is 10.9. The molecule has 0 atom stereocenters. The molecular weight excluding hydrogens is 396 g/mol. The number of nitrogens with zero attached hydrogens (tertiary/aromatic N) is 4. The molecule has 2 aromatic heterocycles. The topological polar surface area (TPSA) is 82.2 Å². The number of carbonyl (C=O) groups is 1. The summed E-state index contributed by atoms with van der Waals surface area (Å²) >= 11 is 6.44. The maximum Gasteiger partial charge on any atom is 0.359 e. The number of esters is 1. The highest BCUT2D eigenvalue weighted by atomic mass is 79.9. The molecule has 0 saturated carbocycles. The molecule has 0 saturated heterocycles. The zero-order valence-corrected chi connectivity index (χ0v) is 14.3. The van der Waals surface area contributed by atoms with Crippen LogP contribution in [0.25, 0.3) is 0 Å². The Morgan fingerprint density at radius 1 is 1.25 bits per heavy atom. The molecule has 0 amide bonds. The largest absolute Gasteiger partial charge is 0.464 e. The van der Waals surface area contributed by atoms with E-state index in [2.05, 4.69) is 46.6 Å². The van der Waals surface area contributed by atoms with E-state index in [1.807, 2.05) is 7.05 Å². The molecule has 0 bridgehead atoms. The van der Waals surface area contributed by atoms with Crippen molar-refractivity contribution in [1.82, 2.24) is 19.1 Å². The highest BCUT2D eigenvalue weighted by Crippen LogP contribution is 2.14. The lowest BCUT2D eigenvalue weighted by molar-refractivity contribution is 0.0593. The number of methoxy groups -OCH3 is 1. The Bertz CT molecular complexity index is 595. The Morgan fingerprint density at radius 2 is 1.80 bits per heavy atom. The molecule has 0 aliphatic carbocycles. The molecule has 0 aromatic carbocycles. The van der Waals surface area contributed by atoms with Crippen LogP contribution in [-0.4, -0.2) is 37.3 Å². The van der Waals surface area contributed by atoms with Crippen LogP contribution in [0.5, 0.6) is 0 Å². The van der Waals surface area contributed by atoms with Gasteiger partial charge in [0.2, 0.25) is 0 Å². The van der Waals surface area contributed by atoms with Crippen molar-refractivity contribution in [3.63, 3.8) is 0 Å². The van der Waals surface area contributed by atoms with E-state index in [0.29, 0.717) is 16.0 Å². The van der Waals surface area contributed by atoms with Gasteiger partial charge in [0, 0.05) is 14.1 Å². The lowest BCUT2D eigenvalue weighted by Crippen LogP contribution is -2.02. The van der Waals surface area contributed by atoms with Crippen molar-refractivity contribution in [1.29, 1.82) is 0 Å². The number of hydrogen-bond acceptors (Lipinski definition) is 5. The third-order valence-electron chi connectivity index (χ3n) is 2.33. The fourth-order valence-corrected chi connectivity index (χ4v) is 1.89. The van der Waals surface area contributed by atoms with Crippen LogP contribution < -0.4 is 0 Å². The number of hydrogen-bond donors (Lipinski definition) is 1. The molecule has 20 heavy (non-hydrogen) atoms. The second-order valence-electron chi connectivity index (χ2n) is 3.74. The molecule has 2 heterocycles. The SMILES string of the molecule is COC(=O)c1ncn(C)c1Br.Cn1cnc(CO)c1Br. The summed E-state index contributed by atoms with van der Waals surface area (Å²) in [5, 5.41) is 8.63. The molecule has 0 aliphatic heterocycles. The van der Waals surface area contributed by atoms with E-state index in [1.54, 1.807) is 22.5 Å². The minimum Gasteiger partial charge on any atom is -0.464 e. The van der Waals surface area contributed by atoms with Gasteiger partial charge in [0.1, 0.15) is 9.21 Å². The number of aromatic nitrogens is 4. The summed E-state index contributed by atoms with van der Waals surface area (Å²) in [6.45, 7) is -0.0125. The maximum atomic E-state index is 10.9. The second-order valence-corrected chi connectivity index (χ2v) is 5.24. The van der Waals surface area contributed by atoms with Gasteiger partial charge in [-0.05, 0) is 31.9 Å². The van der Waals surface area contributed by atoms with Gasteiger partial charge in [-0.2, -0.15) is 0 Å². The van der Waals surface area contributed by atoms with Crippen molar-refractivity contribution in [3.8, 4) is 0 Å². The number of aliphatic hydroxyl groups is 1. The first-order chi connectivity index (χ1) is 9.42. The minimum atomic E-state index is -0.433. The molecule has 2 rings (SSSR count). The number of aliphatic hydroxyl groups excluding tert-OH is 1. The number of halogens is 2. The van der Waals surface area contributed by atoms with Crippen molar-refractivity contribution in [2.24, 2.45) is 14.1 Å². The quantitative estimate of drug-likeness (QED) is 0.762. The number of imidazole rings is 2. The van der Waals surface area contributed by atoms with Crippen LogP contribution in [0.2, 0.25) is 0 Å². The number of carbonyl (C=O) groups excluding carboxylic acids is 1. The summed E-state index contributed by atoms with van der Waals surface area (Å²) in [4.78, 5) is 18.6. The normalized spacial score (nSPS) is 9.90. The molecule has 7 nitrogen and oxygen atoms in total. The Morgan fingerprint density at radius 3 is 2.10 bits per heavy atom. The first-order valence-corrected chi connectivity index (χ1v) is 7.02. The fourth-order valence-electron chi connectivity index (χ4n) is 1.22. The third kappa shape index (κ3) is 3.90. The molecule has 0 fully saturated rings. The average Bonchev–Trinajstić information content (AvgIpc) is 2.95. The summed E-state index contributed by atoms with van der Waals surface area (Å²) in [6, 6.07) is 0. The Hall–Kier alpha value is -1.19. The molecule has 1 N–H and O–H groups in total. The zero-order valence-electron chi connectivity index (χ0n) is 11.2. The smallest absolute Gasteiger partial charge is 0.359 e. The minimum absolute atomic E-state index is 0.0125. The zero-order chi connectivity index (χ0) is 15.3. The van der Waals surface area contributed by atoms with E-state index in [0.717, 1.165) is 4.60 Å². The van der Waals surface area contributed by atoms with E-state index in [4.69, 9.17) is 5.11 Å². The average molecular weight is 410 g/mol. The van der Waals surface area contributed by atoms with Crippen LogP contribution in [0.3, 0.4) is 0 Å². The predicted octanol–water partition coefficient (Wildman–Crippen LogP) is 1.64. The molecule has 9 heteroatoms. The monoisotopic (exact) mass is 408 g/mol. The van der Waals surface area contributed by atoms with Gasteiger partial charge in [0.05, 0.1) is 32.1 Å². The van der Waals surface area contributed by atoms with Gasteiger partial charge < -0.3 is 19.0 Å². The van der Waals surface area contributed by atoms with Crippen molar-refractivity contribution >= 4 is 37.8 Å². The van der Waals surface area contributed by atoms with Gasteiger partial charge in [-0.15, -0.1) is 0 Å². The van der Waals surface area contributed by atoms with Gasteiger partial charge in [-0.3, -0.25) is 0 Å². The second kappa shape index (κ2) is 7.55. The summed E-state index contributed by atoms with van der Waals surface area (Å²) < 4.78 is 9.44. The van der Waals surface area contributed by atoms with Crippen LogP contribution in [0, 0.1) is 0 Å². The van der Waals surface area contributed by atoms with Gasteiger partial charge in [0.25, 0.3) is 0 Å². The van der Waals surface area contributed by atoms with Crippen LogP contribution in [0.1, 0.15) is 16.2 Å². The van der Waals surface area contributed by atoms with E-state index in [9.17, 15) is 4.79 Å². The van der Waals surface area contributed by atoms with Gasteiger partial charge in [-0.1, -0.05) is 0 Å². The van der Waals surface area contributed by atoms with Crippen LogP contribution in [0.4, 0.5) is 0 Å². The molecular formula is C11H14Br2N4O3. The fraction of sp³-hybridized carbons (Fsp3) is 0.364. The van der Waals surface area contributed by atoms with Crippen LogP contribution >= 0.6 is 31.9 Å². The highest BCUT2D eigenvalue weighted by molar-refractivity contribution is 9.10. The number of rotatable bonds is 2. The van der Waals surface area contributed by atoms with Crippen LogP contribution in [-0.2, 0) is 25.4 Å². The summed E-state index contributed by atoms with van der Waals surface area (Å²) in [5.74, 6) is -0.433. The van der Waals surface area contributed by atoms with Crippen LogP contribution in [0.15, 0.2) is 21.9 Å². The van der Waals surface area contributed by atoms with E-state index < -0.39 is 5.97 Å². The molecule has 0 spiro atoms. The summed E-state index contributed by atoms with van der Waals surface area (Å²) in [7, 11) is 4.96. The number of aryl methyl sites for hydroxylation is 2. The highest BCUT2D eigenvalue weighted by Gasteiger charge is 2.14. The van der Waals surface area contributed by atoms with Gasteiger partial charge in [0.15, 0.2) is 5.69 Å². The summed E-state index contributed by atoms with van der Waals surface area (Å²) in [5.41, 5.74) is 0.979. The Kier molecular flexibility index (Phi) is 6.37. The predicted molar refractivity (Wildman–Crippen MR) is 79.1 cm³/mol. The molecule has 0 unspecified atom stereocenters. The first kappa shape index (κ1) is 16.9. The van der Waals surface area contributed by atoms with Crippen molar-refractivity contribution < 1.29 is 14.6 Å². The first-order valence-electron chi connectivity index (χ1n) is 5.44. The van der Waals surface area contributed by atoms with E-state index in [1.165, 1.54) is 13.4 Å². The van der Waals surface area contributed by atoms with E-state index in [-0.39, 0.29) is 6.61 Å². The molecule has 0 aliphatic rings. The Balaban J connectivity index is 0.000000204. The molecule has 110 valence electrons. The Labute approximate surface area is 132 Å². The van der Waals surface area contributed by atoms with E-state index >= 15 is 0 Å². The lowest BCUT2D eigenvalue weighted by atomic mass is 10.5. The van der Waals surface area contributed by atoms with Crippen molar-refractivity contribution in [3.05, 3.63) is 33.2 Å². The standard InChI is InChI=1S/C6H7BrN2O2.C5H7BrN2O/c1-9-3-8-4(5(9)7)6(10)11-2;1-8-3-7-4(2-9)5(8)6/h3H,1-2H3;3,9H,2H2,1H3.